The quantitative estimate of drug-likeness (QED) is 0.668. The lowest BCUT2D eigenvalue weighted by Crippen LogP contribution is -2.48. The molecule has 0 atom stereocenters. The average Bonchev–Trinajstić information content (AvgIpc) is 2.84. The van der Waals surface area contributed by atoms with Crippen LogP contribution in [0.25, 0.3) is 0 Å². The maximum Gasteiger partial charge on any atom is 0.244 e. The Bertz CT molecular complexity index is 967. The lowest BCUT2D eigenvalue weighted by Gasteiger charge is -2.34. The fourth-order valence-corrected chi connectivity index (χ4v) is 5.64. The highest BCUT2D eigenvalue weighted by atomic mass is 35.5. The molecule has 1 fully saturated rings. The van der Waals surface area contributed by atoms with Crippen LogP contribution in [0.1, 0.15) is 17.0 Å². The van der Waals surface area contributed by atoms with Crippen molar-refractivity contribution in [2.45, 2.75) is 25.3 Å². The second-order valence-electron chi connectivity index (χ2n) is 6.65. The molecule has 27 heavy (non-hydrogen) atoms. The molecule has 0 bridgehead atoms. The van der Waals surface area contributed by atoms with Crippen molar-refractivity contribution in [2.24, 2.45) is 7.05 Å². The minimum absolute atomic E-state index is 0.00837. The summed E-state index contributed by atoms with van der Waals surface area (Å²) in [5, 5.41) is 4.91. The van der Waals surface area contributed by atoms with Gasteiger partial charge in [0.1, 0.15) is 4.90 Å². The van der Waals surface area contributed by atoms with E-state index < -0.39 is 10.0 Å². The summed E-state index contributed by atoms with van der Waals surface area (Å²) in [5.74, 6) is 0. The normalized spacial score (nSPS) is 16.8. The van der Waals surface area contributed by atoms with Gasteiger partial charge >= 0.3 is 0 Å². The molecule has 148 valence electrons. The van der Waals surface area contributed by atoms with Gasteiger partial charge in [0.05, 0.1) is 20.8 Å². The molecule has 0 spiro atoms. The van der Waals surface area contributed by atoms with E-state index in [0.29, 0.717) is 26.2 Å². The Kier molecular flexibility index (Phi) is 6.11. The minimum Gasteiger partial charge on any atom is -0.296 e. The molecular weight excluding hydrogens is 431 g/mol. The zero-order chi connectivity index (χ0) is 19.9. The summed E-state index contributed by atoms with van der Waals surface area (Å²) >= 11 is 18.0. The lowest BCUT2D eigenvalue weighted by atomic mass is 10.1. The largest absolute Gasteiger partial charge is 0.296 e. The average molecular weight is 452 g/mol. The van der Waals surface area contributed by atoms with Crippen LogP contribution in [0, 0.1) is 13.8 Å². The fraction of sp³-hybridized carbons (Fsp3) is 0.471. The number of aryl methyl sites for hydroxylation is 2. The predicted molar refractivity (Wildman–Crippen MR) is 108 cm³/mol. The van der Waals surface area contributed by atoms with Crippen molar-refractivity contribution in [1.29, 1.82) is 0 Å². The monoisotopic (exact) mass is 450 g/mol. The summed E-state index contributed by atoms with van der Waals surface area (Å²) < 4.78 is 29.2. The Balaban J connectivity index is 1.72. The Morgan fingerprint density at radius 2 is 1.59 bits per heavy atom. The first kappa shape index (κ1) is 20.9. The van der Waals surface area contributed by atoms with E-state index in [1.807, 2.05) is 25.6 Å². The summed E-state index contributed by atoms with van der Waals surface area (Å²) in [7, 11) is -1.80. The number of aromatic nitrogens is 2. The number of benzene rings is 1. The van der Waals surface area contributed by atoms with Gasteiger partial charge in [-0.05, 0) is 26.0 Å². The molecule has 0 saturated carbocycles. The van der Waals surface area contributed by atoms with E-state index in [1.54, 1.807) is 0 Å². The summed E-state index contributed by atoms with van der Waals surface area (Å²) in [6.07, 6.45) is 0. The smallest absolute Gasteiger partial charge is 0.244 e. The van der Waals surface area contributed by atoms with Crippen LogP contribution in [0.15, 0.2) is 17.0 Å². The molecule has 0 amide bonds. The van der Waals surface area contributed by atoms with Crippen LogP contribution in [0.2, 0.25) is 15.1 Å². The highest BCUT2D eigenvalue weighted by Crippen LogP contribution is 2.33. The van der Waals surface area contributed by atoms with Gasteiger partial charge in [0.25, 0.3) is 0 Å². The van der Waals surface area contributed by atoms with Gasteiger partial charge in [0, 0.05) is 51.0 Å². The van der Waals surface area contributed by atoms with Gasteiger partial charge in [-0.15, -0.1) is 0 Å². The van der Waals surface area contributed by atoms with E-state index in [4.69, 9.17) is 34.8 Å². The van der Waals surface area contributed by atoms with Gasteiger partial charge in [0.2, 0.25) is 10.0 Å². The number of piperazine rings is 1. The van der Waals surface area contributed by atoms with E-state index in [0.717, 1.165) is 17.9 Å². The minimum atomic E-state index is -3.73. The fourth-order valence-electron chi connectivity index (χ4n) is 3.24. The Morgan fingerprint density at radius 1 is 1.00 bits per heavy atom. The first-order chi connectivity index (χ1) is 12.6. The number of halogens is 3. The van der Waals surface area contributed by atoms with Crippen LogP contribution in [-0.4, -0.2) is 53.6 Å². The Morgan fingerprint density at radius 3 is 2.15 bits per heavy atom. The first-order valence-electron chi connectivity index (χ1n) is 8.47. The van der Waals surface area contributed by atoms with Crippen molar-refractivity contribution < 1.29 is 8.42 Å². The first-order valence-corrected chi connectivity index (χ1v) is 11.0. The molecule has 3 rings (SSSR count). The molecule has 1 aromatic heterocycles. The Hall–Kier alpha value is -0.830. The standard InChI is InChI=1S/C17H21Cl3N4O2S/c1-11-13(12(2)22(3)21-11)10-23-4-6-24(7-5-23)27(25,26)17-9-15(19)14(18)8-16(17)20/h8-9H,4-7,10H2,1-3H3. The van der Waals surface area contributed by atoms with Crippen molar-refractivity contribution in [2.75, 3.05) is 26.2 Å². The van der Waals surface area contributed by atoms with Crippen LogP contribution >= 0.6 is 34.8 Å². The van der Waals surface area contributed by atoms with Gasteiger partial charge in [-0.2, -0.15) is 9.40 Å². The van der Waals surface area contributed by atoms with Gasteiger partial charge in [-0.3, -0.25) is 9.58 Å². The van der Waals surface area contributed by atoms with Crippen molar-refractivity contribution in [1.82, 2.24) is 19.0 Å². The maximum absolute atomic E-state index is 13.0. The molecule has 2 heterocycles. The summed E-state index contributed by atoms with van der Waals surface area (Å²) in [4.78, 5) is 2.23. The molecule has 6 nitrogen and oxygen atoms in total. The number of rotatable bonds is 4. The molecule has 1 aliphatic heterocycles. The van der Waals surface area contributed by atoms with Gasteiger partial charge in [-0.25, -0.2) is 8.42 Å². The summed E-state index contributed by atoms with van der Waals surface area (Å²) in [6, 6.07) is 2.68. The van der Waals surface area contributed by atoms with Crippen molar-refractivity contribution >= 4 is 44.8 Å². The highest BCUT2D eigenvalue weighted by molar-refractivity contribution is 7.89. The number of hydrogen-bond donors (Lipinski definition) is 0. The molecule has 10 heteroatoms. The molecule has 2 aromatic rings. The van der Waals surface area contributed by atoms with E-state index in [2.05, 4.69) is 10.00 Å². The van der Waals surface area contributed by atoms with Crippen LogP contribution in [-0.2, 0) is 23.6 Å². The molecule has 0 radical (unpaired) electrons. The van der Waals surface area contributed by atoms with E-state index in [-0.39, 0.29) is 20.0 Å². The van der Waals surface area contributed by atoms with Crippen LogP contribution in [0.3, 0.4) is 0 Å². The third-order valence-electron chi connectivity index (χ3n) is 4.96. The number of hydrogen-bond acceptors (Lipinski definition) is 4. The van der Waals surface area contributed by atoms with E-state index in [1.165, 1.54) is 22.0 Å². The molecule has 0 unspecified atom stereocenters. The van der Waals surface area contributed by atoms with E-state index >= 15 is 0 Å². The SMILES string of the molecule is Cc1nn(C)c(C)c1CN1CCN(S(=O)(=O)c2cc(Cl)c(Cl)cc2Cl)CC1. The second kappa shape index (κ2) is 7.89. The number of sulfonamides is 1. The van der Waals surface area contributed by atoms with Crippen LogP contribution in [0.5, 0.6) is 0 Å². The molecule has 1 aliphatic rings. The zero-order valence-corrected chi connectivity index (χ0v) is 18.4. The van der Waals surface area contributed by atoms with Crippen molar-refractivity contribution in [3.8, 4) is 0 Å². The molecular formula is C17H21Cl3N4O2S. The molecule has 0 aliphatic carbocycles. The second-order valence-corrected chi connectivity index (χ2v) is 9.78. The summed E-state index contributed by atoms with van der Waals surface area (Å²) in [6.45, 7) is 6.83. The Labute approximate surface area is 174 Å². The van der Waals surface area contributed by atoms with Gasteiger partial charge < -0.3 is 0 Å². The zero-order valence-electron chi connectivity index (χ0n) is 15.3. The van der Waals surface area contributed by atoms with E-state index in [9.17, 15) is 8.42 Å². The maximum atomic E-state index is 13.0. The van der Waals surface area contributed by atoms with Gasteiger partial charge in [-0.1, -0.05) is 34.8 Å². The van der Waals surface area contributed by atoms with Crippen molar-refractivity contribution in [3.05, 3.63) is 44.2 Å². The van der Waals surface area contributed by atoms with Gasteiger partial charge in [0.15, 0.2) is 0 Å². The molecule has 0 N–H and O–H groups in total. The van der Waals surface area contributed by atoms with Crippen LogP contribution < -0.4 is 0 Å². The lowest BCUT2D eigenvalue weighted by molar-refractivity contribution is 0.181. The predicted octanol–water partition coefficient (Wildman–Crippen LogP) is 3.50. The van der Waals surface area contributed by atoms with Crippen molar-refractivity contribution in [3.63, 3.8) is 0 Å². The highest BCUT2D eigenvalue weighted by Gasteiger charge is 2.31. The number of nitrogens with zero attached hydrogens (tertiary/aromatic N) is 4. The summed E-state index contributed by atoms with van der Waals surface area (Å²) in [5.41, 5.74) is 3.33. The molecule has 1 saturated heterocycles. The van der Waals surface area contributed by atoms with Crippen LogP contribution in [0.4, 0.5) is 0 Å². The third kappa shape index (κ3) is 4.13. The molecule has 1 aromatic carbocycles. The topological polar surface area (TPSA) is 58.4 Å². The third-order valence-corrected chi connectivity index (χ3v) is 8.05.